The van der Waals surface area contributed by atoms with Gasteiger partial charge in [-0.25, -0.2) is 0 Å². The van der Waals surface area contributed by atoms with Crippen LogP contribution >= 0.6 is 12.4 Å². The highest BCUT2D eigenvalue weighted by atomic mass is 35.5. The second kappa shape index (κ2) is 11.8. The Morgan fingerprint density at radius 1 is 1.18 bits per heavy atom. The number of carbonyl (C=O) groups excluding carboxylic acids is 2. The van der Waals surface area contributed by atoms with E-state index in [4.69, 9.17) is 10.5 Å². The smallest absolute Gasteiger partial charge is 0.255 e. The van der Waals surface area contributed by atoms with Crippen LogP contribution in [-0.4, -0.2) is 38.1 Å². The molecular weight excluding hydrogens is 306 g/mol. The van der Waals surface area contributed by atoms with Gasteiger partial charge in [-0.15, -0.1) is 12.4 Å². The summed E-state index contributed by atoms with van der Waals surface area (Å²) in [6.07, 6.45) is 0.951. The Balaban J connectivity index is 0.00000441. The second-order valence-electron chi connectivity index (χ2n) is 4.43. The van der Waals surface area contributed by atoms with Gasteiger partial charge in [-0.2, -0.15) is 0 Å². The maximum Gasteiger partial charge on any atom is 0.255 e. The number of halogens is 1. The molecule has 1 rings (SSSR count). The van der Waals surface area contributed by atoms with E-state index in [2.05, 4.69) is 10.6 Å². The molecule has 0 atom stereocenters. The van der Waals surface area contributed by atoms with Crippen LogP contribution in [0.2, 0.25) is 0 Å². The number of nitrogens with one attached hydrogen (secondary N) is 2. The number of amides is 2. The number of benzene rings is 1. The molecular formula is C15H24ClN3O3. The quantitative estimate of drug-likeness (QED) is 0.591. The van der Waals surface area contributed by atoms with Crippen molar-refractivity contribution in [2.75, 3.05) is 26.2 Å². The van der Waals surface area contributed by atoms with Gasteiger partial charge in [0.25, 0.3) is 5.91 Å². The maximum atomic E-state index is 12.0. The average molecular weight is 330 g/mol. The van der Waals surface area contributed by atoms with Crippen molar-refractivity contribution < 1.29 is 14.3 Å². The van der Waals surface area contributed by atoms with Crippen molar-refractivity contribution in [2.45, 2.75) is 19.8 Å². The molecule has 4 N–H and O–H groups in total. The molecule has 0 unspecified atom stereocenters. The third kappa shape index (κ3) is 7.28. The summed E-state index contributed by atoms with van der Waals surface area (Å²) in [5, 5.41) is 5.47. The van der Waals surface area contributed by atoms with Crippen molar-refractivity contribution in [3.05, 3.63) is 29.8 Å². The number of hydrogen-bond donors (Lipinski definition) is 3. The molecule has 0 heterocycles. The van der Waals surface area contributed by atoms with Crippen molar-refractivity contribution in [2.24, 2.45) is 5.73 Å². The van der Waals surface area contributed by atoms with E-state index in [-0.39, 0.29) is 24.2 Å². The van der Waals surface area contributed by atoms with Crippen LogP contribution in [0.5, 0.6) is 5.75 Å². The predicted octanol–water partition coefficient (Wildman–Crippen LogP) is 1.09. The van der Waals surface area contributed by atoms with Gasteiger partial charge in [-0.3, -0.25) is 9.59 Å². The molecule has 0 saturated heterocycles. The number of nitrogens with two attached hydrogens (primary N) is 1. The molecule has 0 spiro atoms. The number of carbonyl (C=O) groups is 2. The van der Waals surface area contributed by atoms with Crippen molar-refractivity contribution in [1.29, 1.82) is 0 Å². The molecule has 1 aromatic carbocycles. The fraction of sp³-hybridized carbons (Fsp3) is 0.467. The summed E-state index contributed by atoms with van der Waals surface area (Å²) in [5.41, 5.74) is 5.80. The monoisotopic (exact) mass is 329 g/mol. The minimum absolute atomic E-state index is 0. The molecule has 7 heteroatoms. The lowest BCUT2D eigenvalue weighted by atomic mass is 10.2. The molecule has 0 aliphatic heterocycles. The van der Waals surface area contributed by atoms with Crippen LogP contribution in [0.4, 0.5) is 0 Å². The number of para-hydroxylation sites is 1. The molecule has 0 aliphatic rings. The van der Waals surface area contributed by atoms with Gasteiger partial charge in [0.15, 0.2) is 0 Å². The van der Waals surface area contributed by atoms with Gasteiger partial charge in [-0.1, -0.05) is 12.1 Å². The fourth-order valence-corrected chi connectivity index (χ4v) is 1.78. The summed E-state index contributed by atoms with van der Waals surface area (Å²) in [6.45, 7) is 3.72. The van der Waals surface area contributed by atoms with Gasteiger partial charge < -0.3 is 21.1 Å². The van der Waals surface area contributed by atoms with Crippen molar-refractivity contribution >= 4 is 24.2 Å². The molecule has 1 aromatic rings. The van der Waals surface area contributed by atoms with Crippen LogP contribution in [0.15, 0.2) is 24.3 Å². The zero-order chi connectivity index (χ0) is 15.5. The van der Waals surface area contributed by atoms with E-state index in [9.17, 15) is 9.59 Å². The normalized spacial score (nSPS) is 9.55. The predicted molar refractivity (Wildman–Crippen MR) is 88.5 cm³/mol. The highest BCUT2D eigenvalue weighted by molar-refractivity contribution is 5.96. The summed E-state index contributed by atoms with van der Waals surface area (Å²) in [6, 6.07) is 7.09. The summed E-state index contributed by atoms with van der Waals surface area (Å²) >= 11 is 0. The molecule has 0 radical (unpaired) electrons. The third-order valence-electron chi connectivity index (χ3n) is 2.76. The van der Waals surface area contributed by atoms with Crippen LogP contribution in [0, 0.1) is 0 Å². The molecule has 2 amide bonds. The van der Waals surface area contributed by atoms with E-state index in [0.29, 0.717) is 50.4 Å². The Bertz CT molecular complexity index is 469. The van der Waals surface area contributed by atoms with E-state index >= 15 is 0 Å². The van der Waals surface area contributed by atoms with Gasteiger partial charge in [0.2, 0.25) is 5.91 Å². The summed E-state index contributed by atoms with van der Waals surface area (Å²) in [5.74, 6) is 0.323. The standard InChI is InChI=1S/C15H23N3O3.ClH/c1-2-21-13-7-4-3-6-12(13)15(20)18-10-5-8-14(19)17-11-9-16;/h3-4,6-7H,2,5,8-11,16H2,1H3,(H,17,19)(H,18,20);1H. The second-order valence-corrected chi connectivity index (χ2v) is 4.43. The summed E-state index contributed by atoms with van der Waals surface area (Å²) in [4.78, 5) is 23.4. The summed E-state index contributed by atoms with van der Waals surface area (Å²) < 4.78 is 5.41. The molecule has 0 aromatic heterocycles. The topological polar surface area (TPSA) is 93.4 Å². The lowest BCUT2D eigenvalue weighted by Gasteiger charge is -2.10. The molecule has 22 heavy (non-hydrogen) atoms. The first-order valence-corrected chi connectivity index (χ1v) is 7.15. The van der Waals surface area contributed by atoms with Gasteiger partial charge >= 0.3 is 0 Å². The lowest BCUT2D eigenvalue weighted by molar-refractivity contribution is -0.121. The number of ether oxygens (including phenoxy) is 1. The Morgan fingerprint density at radius 2 is 1.91 bits per heavy atom. The Labute approximate surface area is 137 Å². The highest BCUT2D eigenvalue weighted by Gasteiger charge is 2.11. The van der Waals surface area contributed by atoms with Crippen LogP contribution in [0.1, 0.15) is 30.1 Å². The third-order valence-corrected chi connectivity index (χ3v) is 2.76. The van der Waals surface area contributed by atoms with Crippen molar-refractivity contribution in [3.63, 3.8) is 0 Å². The molecule has 0 aliphatic carbocycles. The van der Waals surface area contributed by atoms with E-state index in [0.717, 1.165) is 0 Å². The zero-order valence-corrected chi connectivity index (χ0v) is 13.6. The van der Waals surface area contributed by atoms with Crippen LogP contribution in [0.25, 0.3) is 0 Å². The molecule has 0 saturated carbocycles. The first kappa shape index (κ1) is 20.2. The van der Waals surface area contributed by atoms with Gasteiger partial charge in [0, 0.05) is 26.1 Å². The molecule has 0 fully saturated rings. The van der Waals surface area contributed by atoms with Crippen molar-refractivity contribution in [1.82, 2.24) is 10.6 Å². The molecule has 6 nitrogen and oxygen atoms in total. The fourth-order valence-electron chi connectivity index (χ4n) is 1.78. The van der Waals surface area contributed by atoms with Crippen LogP contribution < -0.4 is 21.1 Å². The van der Waals surface area contributed by atoms with Gasteiger partial charge in [-0.05, 0) is 25.5 Å². The summed E-state index contributed by atoms with van der Waals surface area (Å²) in [7, 11) is 0. The minimum atomic E-state index is -0.193. The Morgan fingerprint density at radius 3 is 2.59 bits per heavy atom. The van der Waals surface area contributed by atoms with E-state index in [1.165, 1.54) is 0 Å². The lowest BCUT2D eigenvalue weighted by Crippen LogP contribution is -2.30. The first-order valence-electron chi connectivity index (χ1n) is 7.15. The number of hydrogen-bond acceptors (Lipinski definition) is 4. The largest absolute Gasteiger partial charge is 0.493 e. The van der Waals surface area contributed by atoms with Gasteiger partial charge in [0.1, 0.15) is 5.75 Å². The van der Waals surface area contributed by atoms with Crippen molar-refractivity contribution in [3.8, 4) is 5.75 Å². The Kier molecular flexibility index (Phi) is 10.9. The van der Waals surface area contributed by atoms with Gasteiger partial charge in [0.05, 0.1) is 12.2 Å². The number of rotatable bonds is 9. The maximum absolute atomic E-state index is 12.0. The molecule has 124 valence electrons. The first-order chi connectivity index (χ1) is 10.2. The van der Waals surface area contributed by atoms with Crippen LogP contribution in [-0.2, 0) is 4.79 Å². The molecule has 0 bridgehead atoms. The van der Waals surface area contributed by atoms with E-state index < -0.39 is 0 Å². The minimum Gasteiger partial charge on any atom is -0.493 e. The SMILES string of the molecule is CCOc1ccccc1C(=O)NCCCC(=O)NCCN.Cl. The highest BCUT2D eigenvalue weighted by Crippen LogP contribution is 2.17. The average Bonchev–Trinajstić information content (AvgIpc) is 2.50. The van der Waals surface area contributed by atoms with Crippen LogP contribution in [0.3, 0.4) is 0 Å². The zero-order valence-electron chi connectivity index (χ0n) is 12.8. The van der Waals surface area contributed by atoms with E-state index in [1.54, 1.807) is 18.2 Å². The Hall–Kier alpha value is -1.79. The van der Waals surface area contributed by atoms with E-state index in [1.807, 2.05) is 13.0 Å².